The summed E-state index contributed by atoms with van der Waals surface area (Å²) in [5.74, 6) is 0. The van der Waals surface area contributed by atoms with Crippen molar-refractivity contribution in [2.45, 2.75) is 26.7 Å². The Morgan fingerprint density at radius 2 is 2.00 bits per heavy atom. The molecule has 3 rings (SSSR count). The van der Waals surface area contributed by atoms with Crippen LogP contribution in [0.1, 0.15) is 26.7 Å². The molecular formula is C14H19N3S. The van der Waals surface area contributed by atoms with Gasteiger partial charge in [-0.3, -0.25) is 0 Å². The van der Waals surface area contributed by atoms with Crippen molar-refractivity contribution in [3.8, 4) is 0 Å². The Hall–Kier alpha value is -1.29. The molecule has 0 spiro atoms. The van der Waals surface area contributed by atoms with Crippen molar-refractivity contribution in [3.63, 3.8) is 0 Å². The molecule has 3 nitrogen and oxygen atoms in total. The summed E-state index contributed by atoms with van der Waals surface area (Å²) in [5, 5.41) is 1.14. The van der Waals surface area contributed by atoms with Crippen LogP contribution in [0.25, 0.3) is 10.2 Å². The highest BCUT2D eigenvalue weighted by molar-refractivity contribution is 7.22. The molecule has 0 bridgehead atoms. The summed E-state index contributed by atoms with van der Waals surface area (Å²) in [6, 6.07) is 5.95. The van der Waals surface area contributed by atoms with Gasteiger partial charge in [0.15, 0.2) is 5.13 Å². The number of fused-ring (bicyclic) bond motifs is 1. The molecule has 1 fully saturated rings. The van der Waals surface area contributed by atoms with Gasteiger partial charge in [0.25, 0.3) is 0 Å². The lowest BCUT2D eigenvalue weighted by Crippen LogP contribution is -2.37. The van der Waals surface area contributed by atoms with Crippen LogP contribution in [-0.2, 0) is 0 Å². The van der Waals surface area contributed by atoms with E-state index in [1.807, 2.05) is 18.2 Å². The van der Waals surface area contributed by atoms with Crippen LogP contribution in [0.15, 0.2) is 18.2 Å². The molecule has 0 radical (unpaired) electrons. The highest BCUT2D eigenvalue weighted by atomic mass is 32.1. The summed E-state index contributed by atoms with van der Waals surface area (Å²) < 4.78 is 1.19. The average Bonchev–Trinajstić information content (AvgIpc) is 2.71. The van der Waals surface area contributed by atoms with E-state index in [1.54, 1.807) is 11.3 Å². The zero-order valence-electron chi connectivity index (χ0n) is 10.9. The van der Waals surface area contributed by atoms with Crippen LogP contribution in [0.5, 0.6) is 0 Å². The molecule has 96 valence electrons. The molecule has 2 aromatic rings. The molecule has 0 saturated carbocycles. The first-order chi connectivity index (χ1) is 8.53. The van der Waals surface area contributed by atoms with Crippen LogP contribution in [0.4, 0.5) is 10.8 Å². The molecule has 2 N–H and O–H groups in total. The number of nitrogen functional groups attached to an aromatic ring is 1. The fourth-order valence-corrected chi connectivity index (χ4v) is 3.43. The van der Waals surface area contributed by atoms with Crippen molar-refractivity contribution in [3.05, 3.63) is 18.2 Å². The zero-order chi connectivity index (χ0) is 12.8. The number of anilines is 2. The topological polar surface area (TPSA) is 42.2 Å². The van der Waals surface area contributed by atoms with E-state index in [4.69, 9.17) is 10.7 Å². The maximum atomic E-state index is 5.81. The molecule has 0 atom stereocenters. The van der Waals surface area contributed by atoms with E-state index in [1.165, 1.54) is 17.5 Å². The van der Waals surface area contributed by atoms with E-state index in [9.17, 15) is 0 Å². The van der Waals surface area contributed by atoms with Gasteiger partial charge in [-0.05, 0) is 36.5 Å². The Balaban J connectivity index is 1.87. The average molecular weight is 261 g/mol. The highest BCUT2D eigenvalue weighted by Gasteiger charge is 2.26. The number of rotatable bonds is 1. The Kier molecular flexibility index (Phi) is 2.70. The van der Waals surface area contributed by atoms with E-state index < -0.39 is 0 Å². The smallest absolute Gasteiger partial charge is 0.186 e. The van der Waals surface area contributed by atoms with Gasteiger partial charge < -0.3 is 10.6 Å². The first-order valence-corrected chi connectivity index (χ1v) is 7.26. The van der Waals surface area contributed by atoms with Crippen molar-refractivity contribution in [1.29, 1.82) is 0 Å². The number of aromatic nitrogens is 1. The van der Waals surface area contributed by atoms with Gasteiger partial charge in [0.05, 0.1) is 10.2 Å². The van der Waals surface area contributed by atoms with Crippen LogP contribution in [0, 0.1) is 5.41 Å². The SMILES string of the molecule is CC1(C)CCN(c2nc3ccc(N)cc3s2)CC1. The minimum Gasteiger partial charge on any atom is -0.399 e. The summed E-state index contributed by atoms with van der Waals surface area (Å²) in [6.45, 7) is 6.93. The Labute approximate surface area is 112 Å². The van der Waals surface area contributed by atoms with Gasteiger partial charge in [-0.2, -0.15) is 0 Å². The summed E-state index contributed by atoms with van der Waals surface area (Å²) in [7, 11) is 0. The number of hydrogen-bond donors (Lipinski definition) is 1. The first kappa shape index (κ1) is 11.8. The number of nitrogens with two attached hydrogens (primary N) is 1. The van der Waals surface area contributed by atoms with Gasteiger partial charge in [0.1, 0.15) is 0 Å². The normalized spacial score (nSPS) is 19.3. The van der Waals surface area contributed by atoms with Crippen LogP contribution in [0.2, 0.25) is 0 Å². The summed E-state index contributed by atoms with van der Waals surface area (Å²) in [5.41, 5.74) is 8.18. The number of piperidine rings is 1. The van der Waals surface area contributed by atoms with Crippen LogP contribution in [0.3, 0.4) is 0 Å². The van der Waals surface area contributed by atoms with Gasteiger partial charge in [-0.15, -0.1) is 0 Å². The molecule has 1 aromatic carbocycles. The quantitative estimate of drug-likeness (QED) is 0.799. The Bertz CT molecular complexity index is 563. The third-order valence-corrected chi connectivity index (χ3v) is 4.87. The molecule has 1 aliphatic rings. The molecule has 2 heterocycles. The van der Waals surface area contributed by atoms with E-state index >= 15 is 0 Å². The first-order valence-electron chi connectivity index (χ1n) is 6.45. The number of hydrogen-bond acceptors (Lipinski definition) is 4. The molecule has 1 aromatic heterocycles. The summed E-state index contributed by atoms with van der Waals surface area (Å²) in [4.78, 5) is 7.12. The minimum atomic E-state index is 0.484. The molecule has 4 heteroatoms. The largest absolute Gasteiger partial charge is 0.399 e. The Morgan fingerprint density at radius 1 is 1.28 bits per heavy atom. The molecule has 0 unspecified atom stereocenters. The lowest BCUT2D eigenvalue weighted by Gasteiger charge is -2.36. The molecule has 1 aliphatic heterocycles. The van der Waals surface area contributed by atoms with Gasteiger partial charge >= 0.3 is 0 Å². The van der Waals surface area contributed by atoms with Crippen molar-refractivity contribution in [1.82, 2.24) is 4.98 Å². The second-order valence-electron chi connectivity index (χ2n) is 5.87. The summed E-state index contributed by atoms with van der Waals surface area (Å²) in [6.07, 6.45) is 2.48. The third-order valence-electron chi connectivity index (χ3n) is 3.79. The Morgan fingerprint density at radius 3 is 2.72 bits per heavy atom. The molecule has 0 aliphatic carbocycles. The van der Waals surface area contributed by atoms with E-state index in [-0.39, 0.29) is 0 Å². The van der Waals surface area contributed by atoms with E-state index in [0.717, 1.165) is 29.4 Å². The van der Waals surface area contributed by atoms with E-state index in [0.29, 0.717) is 5.41 Å². The second kappa shape index (κ2) is 4.12. The minimum absolute atomic E-state index is 0.484. The summed E-state index contributed by atoms with van der Waals surface area (Å²) >= 11 is 1.75. The molecular weight excluding hydrogens is 242 g/mol. The zero-order valence-corrected chi connectivity index (χ0v) is 11.8. The van der Waals surface area contributed by atoms with Crippen LogP contribution in [-0.4, -0.2) is 18.1 Å². The predicted octanol–water partition coefficient (Wildman–Crippen LogP) is 3.50. The van der Waals surface area contributed by atoms with Gasteiger partial charge in [-0.25, -0.2) is 4.98 Å². The molecule has 18 heavy (non-hydrogen) atoms. The number of thiazole rings is 1. The van der Waals surface area contributed by atoms with Crippen LogP contribution >= 0.6 is 11.3 Å². The number of nitrogens with zero attached hydrogens (tertiary/aromatic N) is 2. The van der Waals surface area contributed by atoms with Crippen molar-refractivity contribution < 1.29 is 0 Å². The monoisotopic (exact) mass is 261 g/mol. The van der Waals surface area contributed by atoms with Crippen molar-refractivity contribution in [2.24, 2.45) is 5.41 Å². The maximum absolute atomic E-state index is 5.81. The lowest BCUT2D eigenvalue weighted by molar-refractivity contribution is 0.280. The van der Waals surface area contributed by atoms with Gasteiger partial charge in [0.2, 0.25) is 0 Å². The lowest BCUT2D eigenvalue weighted by atomic mass is 9.83. The second-order valence-corrected chi connectivity index (χ2v) is 6.88. The van der Waals surface area contributed by atoms with Gasteiger partial charge in [0, 0.05) is 18.8 Å². The van der Waals surface area contributed by atoms with Crippen molar-refractivity contribution >= 4 is 32.4 Å². The van der Waals surface area contributed by atoms with Crippen molar-refractivity contribution in [2.75, 3.05) is 23.7 Å². The fraction of sp³-hybridized carbons (Fsp3) is 0.500. The highest BCUT2D eigenvalue weighted by Crippen LogP contribution is 2.35. The van der Waals surface area contributed by atoms with Crippen LogP contribution < -0.4 is 10.6 Å². The van der Waals surface area contributed by atoms with Gasteiger partial charge in [-0.1, -0.05) is 25.2 Å². The fourth-order valence-electron chi connectivity index (χ4n) is 2.37. The third kappa shape index (κ3) is 2.17. The predicted molar refractivity (Wildman–Crippen MR) is 79.3 cm³/mol. The molecule has 0 amide bonds. The van der Waals surface area contributed by atoms with E-state index in [2.05, 4.69) is 18.7 Å². The maximum Gasteiger partial charge on any atom is 0.186 e. The standard InChI is InChI=1S/C14H19N3S/c1-14(2)5-7-17(8-6-14)13-16-11-4-3-10(15)9-12(11)18-13/h3-4,9H,5-8,15H2,1-2H3. The number of benzene rings is 1. The molecule has 1 saturated heterocycles.